The Balaban J connectivity index is 1.73. The van der Waals surface area contributed by atoms with Gasteiger partial charge < -0.3 is 20.6 Å². The lowest BCUT2D eigenvalue weighted by Gasteiger charge is -2.47. The molecule has 0 aromatic carbocycles. The van der Waals surface area contributed by atoms with Crippen molar-refractivity contribution >= 4 is 12.0 Å². The van der Waals surface area contributed by atoms with Crippen LogP contribution in [0.5, 0.6) is 0 Å². The number of amides is 2. The lowest BCUT2D eigenvalue weighted by Crippen LogP contribution is -2.58. The normalized spacial score (nSPS) is 22.0. The fraction of sp³-hybridized carbons (Fsp3) is 0.867. The van der Waals surface area contributed by atoms with Gasteiger partial charge in [0.05, 0.1) is 6.42 Å². The number of carbonyl (C=O) groups is 2. The molecule has 2 aliphatic rings. The van der Waals surface area contributed by atoms with Gasteiger partial charge in [-0.1, -0.05) is 6.42 Å². The lowest BCUT2D eigenvalue weighted by atomic mass is 9.66. The van der Waals surface area contributed by atoms with Gasteiger partial charge in [-0.05, 0) is 51.6 Å². The standard InChI is InChI=1S/C15H27N3O3/c1-18(2)15(7-4-8-15)11-17-13(21)16-10-14(5-3-6-14)9-12(19)20/h3-11H2,1-2H3,(H,19,20)(H2,16,17,21). The molecule has 2 rings (SSSR count). The second-order valence-electron chi connectivity index (χ2n) is 6.93. The van der Waals surface area contributed by atoms with Crippen molar-refractivity contribution < 1.29 is 14.7 Å². The second-order valence-corrected chi connectivity index (χ2v) is 6.93. The van der Waals surface area contributed by atoms with E-state index in [9.17, 15) is 9.59 Å². The molecule has 0 aromatic heterocycles. The molecular formula is C15H27N3O3. The quantitative estimate of drug-likeness (QED) is 0.664. The van der Waals surface area contributed by atoms with Crippen LogP contribution in [-0.4, -0.2) is 54.7 Å². The molecule has 3 N–H and O–H groups in total. The highest BCUT2D eigenvalue weighted by Gasteiger charge is 2.40. The zero-order valence-corrected chi connectivity index (χ0v) is 13.1. The van der Waals surface area contributed by atoms with E-state index in [1.54, 1.807) is 0 Å². The zero-order valence-electron chi connectivity index (χ0n) is 13.1. The molecule has 2 fully saturated rings. The maximum atomic E-state index is 11.9. The lowest BCUT2D eigenvalue weighted by molar-refractivity contribution is -0.141. The van der Waals surface area contributed by atoms with Crippen molar-refractivity contribution in [3.05, 3.63) is 0 Å². The molecule has 0 atom stereocenters. The Bertz CT molecular complexity index is 401. The van der Waals surface area contributed by atoms with Gasteiger partial charge in [-0.3, -0.25) is 4.79 Å². The number of likely N-dealkylation sites (N-methyl/N-ethyl adjacent to an activating group) is 1. The Morgan fingerprint density at radius 1 is 1.05 bits per heavy atom. The van der Waals surface area contributed by atoms with Crippen LogP contribution in [-0.2, 0) is 4.79 Å². The number of rotatable bonds is 7. The first-order chi connectivity index (χ1) is 9.88. The fourth-order valence-corrected chi connectivity index (χ4v) is 3.36. The van der Waals surface area contributed by atoms with E-state index in [4.69, 9.17) is 5.11 Å². The third kappa shape index (κ3) is 3.67. The predicted octanol–water partition coefficient (Wildman–Crippen LogP) is 1.41. The van der Waals surface area contributed by atoms with Crippen molar-refractivity contribution in [2.24, 2.45) is 5.41 Å². The van der Waals surface area contributed by atoms with Crippen LogP contribution in [0, 0.1) is 5.41 Å². The minimum absolute atomic E-state index is 0.104. The summed E-state index contributed by atoms with van der Waals surface area (Å²) in [4.78, 5) is 25.0. The topological polar surface area (TPSA) is 81.7 Å². The minimum Gasteiger partial charge on any atom is -0.481 e. The van der Waals surface area contributed by atoms with Crippen molar-refractivity contribution in [1.29, 1.82) is 0 Å². The van der Waals surface area contributed by atoms with E-state index in [0.29, 0.717) is 13.1 Å². The third-order valence-electron chi connectivity index (χ3n) is 5.38. The van der Waals surface area contributed by atoms with Gasteiger partial charge in [0, 0.05) is 18.6 Å². The number of nitrogens with one attached hydrogen (secondary N) is 2. The van der Waals surface area contributed by atoms with Gasteiger partial charge in [0.1, 0.15) is 0 Å². The van der Waals surface area contributed by atoms with E-state index in [2.05, 4.69) is 29.6 Å². The molecule has 2 saturated carbocycles. The first-order valence-electron chi connectivity index (χ1n) is 7.79. The molecule has 2 aliphatic carbocycles. The summed E-state index contributed by atoms with van der Waals surface area (Å²) >= 11 is 0. The Morgan fingerprint density at radius 2 is 1.62 bits per heavy atom. The average Bonchev–Trinajstić information content (AvgIpc) is 2.30. The summed E-state index contributed by atoms with van der Waals surface area (Å²) in [5.74, 6) is -0.780. The second kappa shape index (κ2) is 6.22. The van der Waals surface area contributed by atoms with Crippen LogP contribution in [0.3, 0.4) is 0 Å². The monoisotopic (exact) mass is 297 g/mol. The number of aliphatic carboxylic acids is 1. The molecular weight excluding hydrogens is 270 g/mol. The van der Waals surface area contributed by atoms with E-state index in [0.717, 1.165) is 32.1 Å². The van der Waals surface area contributed by atoms with Crippen LogP contribution in [0.25, 0.3) is 0 Å². The van der Waals surface area contributed by atoms with Crippen LogP contribution in [0.2, 0.25) is 0 Å². The number of carbonyl (C=O) groups excluding carboxylic acids is 1. The summed E-state index contributed by atoms with van der Waals surface area (Å²) in [6.45, 7) is 1.11. The summed E-state index contributed by atoms with van der Waals surface area (Å²) in [5.41, 5.74) is -0.120. The Hall–Kier alpha value is -1.30. The highest BCUT2D eigenvalue weighted by Crippen LogP contribution is 2.43. The highest BCUT2D eigenvalue weighted by atomic mass is 16.4. The number of carboxylic acids is 1. The number of nitrogens with zero attached hydrogens (tertiary/aromatic N) is 1. The Labute approximate surface area is 126 Å². The van der Waals surface area contributed by atoms with Gasteiger partial charge in [-0.15, -0.1) is 0 Å². The van der Waals surface area contributed by atoms with E-state index in [-0.39, 0.29) is 23.4 Å². The fourth-order valence-electron chi connectivity index (χ4n) is 3.36. The number of carboxylic acid groups (broad SMARTS) is 1. The van der Waals surface area contributed by atoms with E-state index < -0.39 is 5.97 Å². The van der Waals surface area contributed by atoms with Crippen LogP contribution < -0.4 is 10.6 Å². The van der Waals surface area contributed by atoms with Crippen molar-refractivity contribution in [2.45, 2.75) is 50.5 Å². The molecule has 120 valence electrons. The van der Waals surface area contributed by atoms with Gasteiger partial charge in [0.25, 0.3) is 0 Å². The molecule has 0 bridgehead atoms. The molecule has 0 aromatic rings. The molecule has 0 unspecified atom stereocenters. The molecule has 0 heterocycles. The van der Waals surface area contributed by atoms with E-state index in [1.807, 2.05) is 0 Å². The van der Waals surface area contributed by atoms with Gasteiger partial charge >= 0.3 is 12.0 Å². The van der Waals surface area contributed by atoms with Gasteiger partial charge in [0.15, 0.2) is 0 Å². The van der Waals surface area contributed by atoms with Crippen molar-refractivity contribution in [1.82, 2.24) is 15.5 Å². The minimum atomic E-state index is -0.780. The number of urea groups is 1. The van der Waals surface area contributed by atoms with Crippen LogP contribution in [0.1, 0.15) is 44.9 Å². The smallest absolute Gasteiger partial charge is 0.314 e. The van der Waals surface area contributed by atoms with E-state index >= 15 is 0 Å². The third-order valence-corrected chi connectivity index (χ3v) is 5.38. The number of hydrogen-bond acceptors (Lipinski definition) is 3. The van der Waals surface area contributed by atoms with Crippen LogP contribution in [0.4, 0.5) is 4.79 Å². The summed E-state index contributed by atoms with van der Waals surface area (Å²) in [6.07, 6.45) is 6.42. The van der Waals surface area contributed by atoms with E-state index in [1.165, 1.54) is 6.42 Å². The van der Waals surface area contributed by atoms with Crippen LogP contribution >= 0.6 is 0 Å². The maximum Gasteiger partial charge on any atom is 0.314 e. The molecule has 0 spiro atoms. The number of hydrogen-bond donors (Lipinski definition) is 3. The summed E-state index contributed by atoms with van der Waals surface area (Å²) < 4.78 is 0. The predicted molar refractivity (Wildman–Crippen MR) is 80.2 cm³/mol. The molecule has 6 nitrogen and oxygen atoms in total. The zero-order chi connectivity index (χ0) is 15.5. The maximum absolute atomic E-state index is 11.9. The van der Waals surface area contributed by atoms with Crippen LogP contribution in [0.15, 0.2) is 0 Å². The molecule has 21 heavy (non-hydrogen) atoms. The van der Waals surface area contributed by atoms with Crippen molar-refractivity contribution in [3.8, 4) is 0 Å². The summed E-state index contributed by atoms with van der Waals surface area (Å²) in [6, 6.07) is -0.181. The van der Waals surface area contributed by atoms with Crippen molar-refractivity contribution in [2.75, 3.05) is 27.2 Å². The summed E-state index contributed by atoms with van der Waals surface area (Å²) in [7, 11) is 4.10. The average molecular weight is 297 g/mol. The Kier molecular flexibility index (Phi) is 4.76. The van der Waals surface area contributed by atoms with Gasteiger partial charge in [-0.2, -0.15) is 0 Å². The van der Waals surface area contributed by atoms with Gasteiger partial charge in [0.2, 0.25) is 0 Å². The van der Waals surface area contributed by atoms with Crippen molar-refractivity contribution in [3.63, 3.8) is 0 Å². The first-order valence-corrected chi connectivity index (χ1v) is 7.79. The highest BCUT2D eigenvalue weighted by molar-refractivity contribution is 5.74. The SMILES string of the molecule is CN(C)C1(CNC(=O)NCC2(CC(=O)O)CCC2)CCC1. The summed E-state index contributed by atoms with van der Waals surface area (Å²) in [5, 5.41) is 14.8. The molecule has 0 radical (unpaired) electrons. The molecule has 0 aliphatic heterocycles. The Morgan fingerprint density at radius 3 is 2.00 bits per heavy atom. The molecule has 2 amide bonds. The molecule has 0 saturated heterocycles. The van der Waals surface area contributed by atoms with Gasteiger partial charge in [-0.25, -0.2) is 4.79 Å². The largest absolute Gasteiger partial charge is 0.481 e. The first kappa shape index (κ1) is 16.1. The molecule has 6 heteroatoms.